The molecule has 0 saturated carbocycles. The van der Waals surface area contributed by atoms with Crippen molar-refractivity contribution in [1.82, 2.24) is 0 Å². The summed E-state index contributed by atoms with van der Waals surface area (Å²) < 4.78 is 6.40. The van der Waals surface area contributed by atoms with Crippen LogP contribution in [-0.2, 0) is 11.0 Å². The fourth-order valence-corrected chi connectivity index (χ4v) is 2.57. The number of hydrogen-bond acceptors (Lipinski definition) is 2. The van der Waals surface area contributed by atoms with Crippen LogP contribution in [-0.4, -0.2) is 11.1 Å². The van der Waals surface area contributed by atoms with Crippen LogP contribution in [0.1, 0.15) is 21.5 Å². The largest absolute Gasteiger partial charge is 0.489 e. The van der Waals surface area contributed by atoms with Gasteiger partial charge in [0.1, 0.15) is 12.4 Å². The molecule has 0 saturated heterocycles. The Balaban J connectivity index is 2.23. The molecule has 0 atom stereocenters. The fraction of sp³-hybridized carbons (Fsp3) is 0.133. The van der Waals surface area contributed by atoms with Gasteiger partial charge in [0, 0.05) is 9.99 Å². The minimum Gasteiger partial charge on any atom is -0.489 e. The molecule has 0 amide bonds. The van der Waals surface area contributed by atoms with Crippen molar-refractivity contribution >= 4 is 40.2 Å². The van der Waals surface area contributed by atoms with Gasteiger partial charge in [0.2, 0.25) is 0 Å². The number of carbonyl (C=O) groups is 1. The van der Waals surface area contributed by atoms with Crippen molar-refractivity contribution in [2.75, 3.05) is 0 Å². The van der Waals surface area contributed by atoms with Gasteiger partial charge in [-0.1, -0.05) is 64.5 Å². The molecule has 0 aliphatic heterocycles. The van der Waals surface area contributed by atoms with Crippen molar-refractivity contribution in [2.45, 2.75) is 11.0 Å². The quantitative estimate of drug-likeness (QED) is 0.589. The summed E-state index contributed by atoms with van der Waals surface area (Å²) in [5.74, 6) is -0.408. The minimum atomic E-state index is -1.03. The first-order valence-corrected chi connectivity index (χ1v) is 7.80. The number of ether oxygens (including phenoxy) is 1. The van der Waals surface area contributed by atoms with Gasteiger partial charge >= 0.3 is 5.97 Å². The van der Waals surface area contributed by atoms with Gasteiger partial charge in [0.15, 0.2) is 0 Å². The third kappa shape index (κ3) is 3.64. The molecule has 0 spiro atoms. The van der Waals surface area contributed by atoms with Gasteiger partial charge in [0.25, 0.3) is 0 Å². The zero-order valence-electron chi connectivity index (χ0n) is 10.5. The summed E-state index contributed by atoms with van der Waals surface area (Å²) >= 11 is 8.14. The van der Waals surface area contributed by atoms with Crippen molar-refractivity contribution in [3.8, 4) is 5.75 Å². The van der Waals surface area contributed by atoms with Gasteiger partial charge in [-0.3, -0.25) is 0 Å². The molecule has 0 radical (unpaired) electrons. The number of hydrogen-bond donors (Lipinski definition) is 1. The number of benzene rings is 2. The molecule has 1 N–H and O–H groups in total. The summed E-state index contributed by atoms with van der Waals surface area (Å²) in [6.45, 7) is 0.424. The van der Waals surface area contributed by atoms with E-state index < -0.39 is 5.97 Å². The maximum Gasteiger partial charge on any atom is 0.337 e. The SMILES string of the molecule is O=C(O)c1cc(CI)c(OCc2ccccc2)cc1Cl. The molecule has 20 heavy (non-hydrogen) atoms. The number of halogens is 2. The van der Waals surface area contributed by atoms with Gasteiger partial charge in [-0.25, -0.2) is 4.79 Å². The van der Waals surface area contributed by atoms with Crippen LogP contribution in [0.15, 0.2) is 42.5 Å². The van der Waals surface area contributed by atoms with Gasteiger partial charge < -0.3 is 9.84 Å². The molecule has 0 aromatic heterocycles. The van der Waals surface area contributed by atoms with Crippen LogP contribution in [0.4, 0.5) is 0 Å². The van der Waals surface area contributed by atoms with E-state index in [1.165, 1.54) is 0 Å². The summed E-state index contributed by atoms with van der Waals surface area (Å²) in [6, 6.07) is 12.9. The molecule has 2 aromatic carbocycles. The first-order chi connectivity index (χ1) is 9.61. The van der Waals surface area contributed by atoms with Crippen LogP contribution in [0.25, 0.3) is 0 Å². The van der Waals surface area contributed by atoms with Gasteiger partial charge in [-0.05, 0) is 17.7 Å². The Morgan fingerprint density at radius 3 is 2.55 bits per heavy atom. The highest BCUT2D eigenvalue weighted by molar-refractivity contribution is 14.1. The number of aromatic carboxylic acids is 1. The Hall–Kier alpha value is -1.27. The Morgan fingerprint density at radius 1 is 1.25 bits per heavy atom. The van der Waals surface area contributed by atoms with Crippen molar-refractivity contribution in [1.29, 1.82) is 0 Å². The molecule has 5 heteroatoms. The second-order valence-corrected chi connectivity index (χ2v) is 5.32. The van der Waals surface area contributed by atoms with E-state index in [0.29, 0.717) is 16.8 Å². The first kappa shape index (κ1) is 15.1. The third-order valence-corrected chi connectivity index (χ3v) is 3.90. The summed E-state index contributed by atoms with van der Waals surface area (Å²) in [5.41, 5.74) is 1.97. The van der Waals surface area contributed by atoms with Gasteiger partial charge in [-0.2, -0.15) is 0 Å². The van der Waals surface area contributed by atoms with E-state index in [4.69, 9.17) is 21.4 Å². The first-order valence-electron chi connectivity index (χ1n) is 5.90. The topological polar surface area (TPSA) is 46.5 Å². The molecule has 3 nitrogen and oxygen atoms in total. The van der Waals surface area contributed by atoms with E-state index in [1.807, 2.05) is 30.3 Å². The van der Waals surface area contributed by atoms with E-state index in [0.717, 1.165) is 11.1 Å². The lowest BCUT2D eigenvalue weighted by atomic mass is 10.1. The molecule has 0 heterocycles. The number of rotatable bonds is 5. The maximum atomic E-state index is 11.1. The van der Waals surface area contributed by atoms with E-state index in [9.17, 15) is 4.79 Å². The van der Waals surface area contributed by atoms with Crippen molar-refractivity contribution in [3.05, 3.63) is 64.2 Å². The van der Waals surface area contributed by atoms with Gasteiger partial charge in [-0.15, -0.1) is 0 Å². The predicted octanol–water partition coefficient (Wildman–Crippen LogP) is 4.55. The Morgan fingerprint density at radius 2 is 1.95 bits per heavy atom. The molecular weight excluding hydrogens is 391 g/mol. The Kier molecular flexibility index (Phi) is 5.25. The Bertz CT molecular complexity index is 614. The second kappa shape index (κ2) is 6.95. The average molecular weight is 403 g/mol. The van der Waals surface area contributed by atoms with E-state index >= 15 is 0 Å². The normalized spacial score (nSPS) is 10.3. The van der Waals surface area contributed by atoms with Crippen LogP contribution in [0, 0.1) is 0 Å². The standard InChI is InChI=1S/C15H12ClIO3/c16-13-7-14(11(8-17)6-12(13)15(18)19)20-9-10-4-2-1-3-5-10/h1-7H,8-9H2,(H,18,19). The highest BCUT2D eigenvalue weighted by Crippen LogP contribution is 2.29. The highest BCUT2D eigenvalue weighted by Gasteiger charge is 2.14. The number of alkyl halides is 1. The molecular formula is C15H12ClIO3. The lowest BCUT2D eigenvalue weighted by Gasteiger charge is -2.12. The lowest BCUT2D eigenvalue weighted by Crippen LogP contribution is -2.02. The van der Waals surface area contributed by atoms with Crippen molar-refractivity contribution in [3.63, 3.8) is 0 Å². The third-order valence-electron chi connectivity index (χ3n) is 2.76. The van der Waals surface area contributed by atoms with E-state index in [2.05, 4.69) is 22.6 Å². The zero-order chi connectivity index (χ0) is 14.5. The molecule has 0 bridgehead atoms. The summed E-state index contributed by atoms with van der Waals surface area (Å²) in [4.78, 5) is 11.1. The van der Waals surface area contributed by atoms with Gasteiger partial charge in [0.05, 0.1) is 10.6 Å². The van der Waals surface area contributed by atoms with Crippen LogP contribution in [0.5, 0.6) is 5.75 Å². The van der Waals surface area contributed by atoms with Crippen LogP contribution in [0.3, 0.4) is 0 Å². The van der Waals surface area contributed by atoms with Crippen molar-refractivity contribution in [2.24, 2.45) is 0 Å². The zero-order valence-corrected chi connectivity index (χ0v) is 13.4. The minimum absolute atomic E-state index is 0.102. The molecule has 0 aliphatic rings. The predicted molar refractivity (Wildman–Crippen MR) is 86.9 cm³/mol. The lowest BCUT2D eigenvalue weighted by molar-refractivity contribution is 0.0697. The maximum absolute atomic E-state index is 11.1. The molecule has 0 aliphatic carbocycles. The van der Waals surface area contributed by atoms with Crippen LogP contribution >= 0.6 is 34.2 Å². The van der Waals surface area contributed by atoms with Crippen molar-refractivity contribution < 1.29 is 14.6 Å². The van der Waals surface area contributed by atoms with E-state index in [-0.39, 0.29) is 10.6 Å². The monoisotopic (exact) mass is 402 g/mol. The molecule has 0 unspecified atom stereocenters. The molecule has 2 rings (SSSR count). The molecule has 2 aromatic rings. The summed E-state index contributed by atoms with van der Waals surface area (Å²) in [5, 5.41) is 9.25. The van der Waals surface area contributed by atoms with E-state index in [1.54, 1.807) is 12.1 Å². The van der Waals surface area contributed by atoms with Crippen LogP contribution in [0.2, 0.25) is 5.02 Å². The fourth-order valence-electron chi connectivity index (χ4n) is 1.74. The summed E-state index contributed by atoms with van der Waals surface area (Å²) in [6.07, 6.45) is 0. The summed E-state index contributed by atoms with van der Waals surface area (Å²) in [7, 11) is 0. The average Bonchev–Trinajstić information content (AvgIpc) is 2.46. The second-order valence-electron chi connectivity index (χ2n) is 4.15. The smallest absolute Gasteiger partial charge is 0.337 e. The number of carboxylic acid groups (broad SMARTS) is 1. The molecule has 104 valence electrons. The van der Waals surface area contributed by atoms with Crippen LogP contribution < -0.4 is 4.74 Å². The number of carboxylic acids is 1. The molecule has 0 fully saturated rings. The Labute approximate surface area is 135 Å². The highest BCUT2D eigenvalue weighted by atomic mass is 127.